The van der Waals surface area contributed by atoms with Gasteiger partial charge in [0, 0.05) is 5.56 Å². The van der Waals surface area contributed by atoms with Gasteiger partial charge in [-0.3, -0.25) is 0 Å². The molecule has 0 fully saturated rings. The molecule has 0 bridgehead atoms. The fourth-order valence-corrected chi connectivity index (χ4v) is 1.53. The molecule has 0 heterocycles. The van der Waals surface area contributed by atoms with E-state index in [4.69, 9.17) is 10.2 Å². The summed E-state index contributed by atoms with van der Waals surface area (Å²) in [5, 5.41) is 17.4. The van der Waals surface area contributed by atoms with Gasteiger partial charge in [0.05, 0.1) is 5.56 Å². The third-order valence-corrected chi connectivity index (χ3v) is 2.61. The Bertz CT molecular complexity index is 427. The quantitative estimate of drug-likeness (QED) is 0.835. The smallest absolute Gasteiger partial charge is 0.335 e. The van der Waals surface area contributed by atoms with E-state index >= 15 is 0 Å². The molecular formula is C11H12F2O3. The highest BCUT2D eigenvalue weighted by Gasteiger charge is 2.33. The van der Waals surface area contributed by atoms with Crippen LogP contribution in [0.15, 0.2) is 12.1 Å². The van der Waals surface area contributed by atoms with Gasteiger partial charge in [-0.15, -0.1) is 0 Å². The highest BCUT2D eigenvalue weighted by Crippen LogP contribution is 2.32. The standard InChI is InChI=1S/C11H12F2O3/c1-6-7(2)9(11(12,13)5-14)4-3-8(6)10(15)16/h3-4,14H,5H2,1-2H3,(H,15,16). The molecule has 88 valence electrons. The average Bonchev–Trinajstić information content (AvgIpc) is 2.21. The lowest BCUT2D eigenvalue weighted by atomic mass is 9.95. The number of hydrogen-bond donors (Lipinski definition) is 2. The molecule has 0 radical (unpaired) electrons. The van der Waals surface area contributed by atoms with Crippen molar-refractivity contribution in [1.82, 2.24) is 0 Å². The predicted molar refractivity (Wildman–Crippen MR) is 53.9 cm³/mol. The van der Waals surface area contributed by atoms with Crippen LogP contribution in [0.4, 0.5) is 8.78 Å². The van der Waals surface area contributed by atoms with E-state index in [9.17, 15) is 13.6 Å². The zero-order chi connectivity index (χ0) is 12.5. The molecule has 0 aliphatic rings. The topological polar surface area (TPSA) is 57.5 Å². The van der Waals surface area contributed by atoms with Crippen LogP contribution in [-0.4, -0.2) is 22.8 Å². The first-order valence-electron chi connectivity index (χ1n) is 4.64. The summed E-state index contributed by atoms with van der Waals surface area (Å²) >= 11 is 0. The van der Waals surface area contributed by atoms with Gasteiger partial charge in [-0.05, 0) is 31.0 Å². The lowest BCUT2D eigenvalue weighted by Crippen LogP contribution is -2.21. The van der Waals surface area contributed by atoms with Gasteiger partial charge in [-0.25, -0.2) is 4.79 Å². The Kier molecular flexibility index (Phi) is 3.28. The molecule has 0 saturated carbocycles. The van der Waals surface area contributed by atoms with E-state index < -0.39 is 18.5 Å². The van der Waals surface area contributed by atoms with Gasteiger partial charge in [-0.2, -0.15) is 8.78 Å². The number of alkyl halides is 2. The van der Waals surface area contributed by atoms with Crippen LogP contribution < -0.4 is 0 Å². The van der Waals surface area contributed by atoms with Crippen molar-refractivity contribution in [1.29, 1.82) is 0 Å². The molecule has 5 heteroatoms. The molecule has 0 unspecified atom stereocenters. The zero-order valence-electron chi connectivity index (χ0n) is 8.92. The van der Waals surface area contributed by atoms with Gasteiger partial charge in [-0.1, -0.05) is 6.07 Å². The molecular weight excluding hydrogens is 218 g/mol. The van der Waals surface area contributed by atoms with E-state index in [1.165, 1.54) is 13.8 Å². The molecule has 0 aromatic heterocycles. The van der Waals surface area contributed by atoms with Crippen LogP contribution >= 0.6 is 0 Å². The summed E-state index contributed by atoms with van der Waals surface area (Å²) in [6, 6.07) is 2.17. The normalized spacial score (nSPS) is 11.6. The van der Waals surface area contributed by atoms with E-state index in [1.807, 2.05) is 0 Å². The van der Waals surface area contributed by atoms with Crippen molar-refractivity contribution in [3.63, 3.8) is 0 Å². The molecule has 0 atom stereocenters. The van der Waals surface area contributed by atoms with E-state index in [-0.39, 0.29) is 22.3 Å². The number of rotatable bonds is 3. The maximum absolute atomic E-state index is 13.3. The van der Waals surface area contributed by atoms with Gasteiger partial charge in [0.15, 0.2) is 0 Å². The van der Waals surface area contributed by atoms with Crippen LogP contribution in [0.1, 0.15) is 27.0 Å². The molecule has 0 spiro atoms. The van der Waals surface area contributed by atoms with Crippen molar-refractivity contribution < 1.29 is 23.8 Å². The third-order valence-electron chi connectivity index (χ3n) is 2.61. The van der Waals surface area contributed by atoms with Crippen LogP contribution in [0.5, 0.6) is 0 Å². The Morgan fingerprint density at radius 1 is 1.31 bits per heavy atom. The summed E-state index contributed by atoms with van der Waals surface area (Å²) in [7, 11) is 0. The molecule has 0 aliphatic carbocycles. The van der Waals surface area contributed by atoms with Gasteiger partial charge in [0.25, 0.3) is 5.92 Å². The summed E-state index contributed by atoms with van der Waals surface area (Å²) in [5.74, 6) is -4.49. The number of carboxylic acids is 1. The number of aromatic carboxylic acids is 1. The molecule has 2 N–H and O–H groups in total. The monoisotopic (exact) mass is 230 g/mol. The average molecular weight is 230 g/mol. The minimum atomic E-state index is -3.34. The van der Waals surface area contributed by atoms with Gasteiger partial charge in [0.2, 0.25) is 0 Å². The van der Waals surface area contributed by atoms with Crippen molar-refractivity contribution in [3.05, 3.63) is 34.4 Å². The Labute approximate surface area is 91.3 Å². The molecule has 0 aliphatic heterocycles. The Morgan fingerprint density at radius 2 is 1.88 bits per heavy atom. The van der Waals surface area contributed by atoms with Crippen molar-refractivity contribution in [2.24, 2.45) is 0 Å². The zero-order valence-corrected chi connectivity index (χ0v) is 8.92. The maximum Gasteiger partial charge on any atom is 0.335 e. The highest BCUT2D eigenvalue weighted by atomic mass is 19.3. The molecule has 0 saturated heterocycles. The van der Waals surface area contributed by atoms with Crippen LogP contribution in [-0.2, 0) is 5.92 Å². The highest BCUT2D eigenvalue weighted by molar-refractivity contribution is 5.89. The summed E-state index contributed by atoms with van der Waals surface area (Å²) in [5.41, 5.74) is 0.143. The number of aliphatic hydroxyl groups excluding tert-OH is 1. The van der Waals surface area contributed by atoms with Crippen LogP contribution in [0.25, 0.3) is 0 Å². The van der Waals surface area contributed by atoms with E-state index in [0.29, 0.717) is 0 Å². The molecule has 1 aromatic carbocycles. The SMILES string of the molecule is Cc1c(C(=O)O)ccc(C(F)(F)CO)c1C. The molecule has 3 nitrogen and oxygen atoms in total. The van der Waals surface area contributed by atoms with Crippen molar-refractivity contribution >= 4 is 5.97 Å². The number of carboxylic acid groups (broad SMARTS) is 1. The lowest BCUT2D eigenvalue weighted by molar-refractivity contribution is -0.0561. The Balaban J connectivity index is 3.38. The first kappa shape index (κ1) is 12.6. The summed E-state index contributed by atoms with van der Waals surface area (Å²) in [4.78, 5) is 10.8. The van der Waals surface area contributed by atoms with E-state index in [1.54, 1.807) is 0 Å². The Hall–Kier alpha value is -1.49. The van der Waals surface area contributed by atoms with Crippen molar-refractivity contribution in [3.8, 4) is 0 Å². The van der Waals surface area contributed by atoms with Gasteiger partial charge < -0.3 is 10.2 Å². The number of halogens is 2. The largest absolute Gasteiger partial charge is 0.478 e. The minimum absolute atomic E-state index is 0.00464. The van der Waals surface area contributed by atoms with E-state index in [0.717, 1.165) is 12.1 Å². The maximum atomic E-state index is 13.3. The fraction of sp³-hybridized carbons (Fsp3) is 0.364. The first-order chi connectivity index (χ1) is 7.31. The second kappa shape index (κ2) is 4.17. The van der Waals surface area contributed by atoms with E-state index in [2.05, 4.69) is 0 Å². The summed E-state index contributed by atoms with van der Waals surface area (Å²) in [6.45, 7) is 1.59. The van der Waals surface area contributed by atoms with Crippen LogP contribution in [0, 0.1) is 13.8 Å². The number of hydrogen-bond acceptors (Lipinski definition) is 2. The lowest BCUT2D eigenvalue weighted by Gasteiger charge is -2.18. The minimum Gasteiger partial charge on any atom is -0.478 e. The van der Waals surface area contributed by atoms with Gasteiger partial charge >= 0.3 is 5.97 Å². The Morgan fingerprint density at radius 3 is 2.31 bits per heavy atom. The van der Waals surface area contributed by atoms with Crippen LogP contribution in [0.3, 0.4) is 0 Å². The fourth-order valence-electron chi connectivity index (χ4n) is 1.53. The first-order valence-corrected chi connectivity index (χ1v) is 4.64. The van der Waals surface area contributed by atoms with Crippen LogP contribution in [0.2, 0.25) is 0 Å². The molecule has 1 aromatic rings. The number of carbonyl (C=O) groups is 1. The second-order valence-electron chi connectivity index (χ2n) is 3.58. The van der Waals surface area contributed by atoms with Crippen molar-refractivity contribution in [2.75, 3.05) is 6.61 Å². The third kappa shape index (κ3) is 2.04. The predicted octanol–water partition coefficient (Wildman–Crippen LogP) is 2.09. The number of aliphatic hydroxyl groups is 1. The number of benzene rings is 1. The second-order valence-corrected chi connectivity index (χ2v) is 3.58. The summed E-state index contributed by atoms with van der Waals surface area (Å²) in [6.07, 6.45) is 0. The van der Waals surface area contributed by atoms with Gasteiger partial charge in [0.1, 0.15) is 6.61 Å². The molecule has 16 heavy (non-hydrogen) atoms. The molecule has 1 rings (SSSR count). The van der Waals surface area contributed by atoms with Crippen molar-refractivity contribution in [2.45, 2.75) is 19.8 Å². The summed E-state index contributed by atoms with van der Waals surface area (Å²) < 4.78 is 26.5. The molecule has 0 amide bonds.